The van der Waals surface area contributed by atoms with Crippen molar-refractivity contribution in [2.24, 2.45) is 4.99 Å². The molecule has 0 spiro atoms. The fraction of sp³-hybridized carbons (Fsp3) is 0.600. The first-order valence-electron chi connectivity index (χ1n) is 7.42. The molecule has 1 aromatic heterocycles. The standard InChI is InChI=1S/C15H24N4O2/c1-18(2)14(20)12-17-15(19-9-3-4-10-19)16-8-7-13-6-5-11-21-13/h5-6,11H,3-4,7-10,12H2,1-2H3,(H,16,17). The molecule has 1 fully saturated rings. The predicted octanol–water partition coefficient (Wildman–Crippen LogP) is 0.952. The van der Waals surface area contributed by atoms with Crippen molar-refractivity contribution in [3.05, 3.63) is 24.2 Å². The predicted molar refractivity (Wildman–Crippen MR) is 82.2 cm³/mol. The molecule has 1 aliphatic rings. The number of hydrogen-bond acceptors (Lipinski definition) is 3. The highest BCUT2D eigenvalue weighted by molar-refractivity contribution is 5.85. The molecule has 6 heteroatoms. The van der Waals surface area contributed by atoms with Crippen molar-refractivity contribution in [2.75, 3.05) is 40.3 Å². The fourth-order valence-electron chi connectivity index (χ4n) is 2.23. The summed E-state index contributed by atoms with van der Waals surface area (Å²) in [5.74, 6) is 1.79. The summed E-state index contributed by atoms with van der Waals surface area (Å²) in [6.45, 7) is 2.94. The highest BCUT2D eigenvalue weighted by atomic mass is 16.3. The number of likely N-dealkylation sites (tertiary alicyclic amines) is 1. The molecule has 2 heterocycles. The van der Waals surface area contributed by atoms with Crippen LogP contribution in [0.2, 0.25) is 0 Å². The molecule has 0 aliphatic carbocycles. The van der Waals surface area contributed by atoms with Crippen LogP contribution in [0.3, 0.4) is 0 Å². The summed E-state index contributed by atoms with van der Waals surface area (Å²) in [5, 5.41) is 3.34. The second-order valence-electron chi connectivity index (χ2n) is 5.38. The molecule has 1 aliphatic heterocycles. The van der Waals surface area contributed by atoms with Crippen molar-refractivity contribution in [3.8, 4) is 0 Å². The summed E-state index contributed by atoms with van der Waals surface area (Å²) in [7, 11) is 3.50. The van der Waals surface area contributed by atoms with E-state index in [0.717, 1.165) is 37.8 Å². The van der Waals surface area contributed by atoms with Gasteiger partial charge in [0.25, 0.3) is 0 Å². The van der Waals surface area contributed by atoms with E-state index < -0.39 is 0 Å². The number of guanidine groups is 1. The topological polar surface area (TPSA) is 61.1 Å². The molecule has 2 rings (SSSR count). The van der Waals surface area contributed by atoms with Gasteiger partial charge in [0.15, 0.2) is 5.96 Å². The average Bonchev–Trinajstić information content (AvgIpc) is 3.14. The van der Waals surface area contributed by atoms with Gasteiger partial charge >= 0.3 is 0 Å². The Morgan fingerprint density at radius 2 is 2.19 bits per heavy atom. The van der Waals surface area contributed by atoms with Crippen molar-refractivity contribution in [2.45, 2.75) is 19.3 Å². The molecule has 116 valence electrons. The van der Waals surface area contributed by atoms with E-state index in [-0.39, 0.29) is 12.5 Å². The molecule has 1 aromatic rings. The molecule has 0 aromatic carbocycles. The van der Waals surface area contributed by atoms with Crippen molar-refractivity contribution in [3.63, 3.8) is 0 Å². The van der Waals surface area contributed by atoms with Crippen LogP contribution in [0.4, 0.5) is 0 Å². The highest BCUT2D eigenvalue weighted by Gasteiger charge is 2.16. The van der Waals surface area contributed by atoms with Crippen LogP contribution in [0.25, 0.3) is 0 Å². The van der Waals surface area contributed by atoms with E-state index in [0.29, 0.717) is 0 Å². The number of carbonyl (C=O) groups is 1. The zero-order valence-corrected chi connectivity index (χ0v) is 12.8. The van der Waals surface area contributed by atoms with Crippen molar-refractivity contribution < 1.29 is 9.21 Å². The van der Waals surface area contributed by atoms with Crippen molar-refractivity contribution >= 4 is 11.9 Å². The van der Waals surface area contributed by atoms with E-state index in [1.807, 2.05) is 12.1 Å². The molecule has 1 saturated heterocycles. The second-order valence-corrected chi connectivity index (χ2v) is 5.38. The maximum absolute atomic E-state index is 11.7. The maximum Gasteiger partial charge on any atom is 0.243 e. The van der Waals surface area contributed by atoms with Gasteiger partial charge in [0, 0.05) is 40.2 Å². The van der Waals surface area contributed by atoms with Gasteiger partial charge in [-0.15, -0.1) is 0 Å². The van der Waals surface area contributed by atoms with Gasteiger partial charge < -0.3 is 19.5 Å². The van der Waals surface area contributed by atoms with Crippen molar-refractivity contribution in [1.82, 2.24) is 15.1 Å². The quantitative estimate of drug-likeness (QED) is 0.648. The lowest BCUT2D eigenvalue weighted by Gasteiger charge is -2.21. The van der Waals surface area contributed by atoms with Crippen LogP contribution >= 0.6 is 0 Å². The molecule has 6 nitrogen and oxygen atoms in total. The lowest BCUT2D eigenvalue weighted by Crippen LogP contribution is -2.41. The fourth-order valence-corrected chi connectivity index (χ4v) is 2.23. The van der Waals surface area contributed by atoms with Crippen LogP contribution in [0.15, 0.2) is 27.8 Å². The van der Waals surface area contributed by atoms with Gasteiger partial charge in [-0.25, -0.2) is 4.99 Å². The monoisotopic (exact) mass is 292 g/mol. The summed E-state index contributed by atoms with van der Waals surface area (Å²) in [5.41, 5.74) is 0. The van der Waals surface area contributed by atoms with Crippen LogP contribution in [0.1, 0.15) is 18.6 Å². The van der Waals surface area contributed by atoms with Gasteiger partial charge in [0.2, 0.25) is 5.91 Å². The summed E-state index contributed by atoms with van der Waals surface area (Å²) >= 11 is 0. The van der Waals surface area contributed by atoms with Gasteiger partial charge in [-0.1, -0.05) is 0 Å². The number of amides is 1. The Labute approximate surface area is 125 Å². The Kier molecular flexibility index (Phi) is 5.66. The zero-order valence-electron chi connectivity index (χ0n) is 12.8. The van der Waals surface area contributed by atoms with Gasteiger partial charge in [-0.3, -0.25) is 4.79 Å². The molecule has 0 saturated carbocycles. The number of nitrogens with one attached hydrogen (secondary N) is 1. The SMILES string of the molecule is CN(C)C(=O)CN=C(NCCc1ccco1)N1CCCC1. The summed E-state index contributed by atoms with van der Waals surface area (Å²) in [6.07, 6.45) is 4.85. The normalized spacial score (nSPS) is 15.3. The molecular formula is C15H24N4O2. The Hall–Kier alpha value is -1.98. The lowest BCUT2D eigenvalue weighted by atomic mass is 10.3. The van der Waals surface area contributed by atoms with Crippen molar-refractivity contribution in [1.29, 1.82) is 0 Å². The number of furan rings is 1. The van der Waals surface area contributed by atoms with Gasteiger partial charge in [-0.2, -0.15) is 0 Å². The van der Waals surface area contributed by atoms with E-state index >= 15 is 0 Å². The van der Waals surface area contributed by atoms with Crippen LogP contribution in [0.5, 0.6) is 0 Å². The molecular weight excluding hydrogens is 268 g/mol. The second kappa shape index (κ2) is 7.71. The van der Waals surface area contributed by atoms with E-state index in [1.54, 1.807) is 25.3 Å². The highest BCUT2D eigenvalue weighted by Crippen LogP contribution is 2.08. The molecule has 1 amide bonds. The number of nitrogens with zero attached hydrogens (tertiary/aromatic N) is 3. The Balaban J connectivity index is 1.88. The Morgan fingerprint density at radius 1 is 1.43 bits per heavy atom. The first-order valence-corrected chi connectivity index (χ1v) is 7.42. The number of likely N-dealkylation sites (N-methyl/N-ethyl adjacent to an activating group) is 1. The third-order valence-corrected chi connectivity index (χ3v) is 3.50. The molecule has 0 unspecified atom stereocenters. The van der Waals surface area contributed by atoms with Crippen LogP contribution < -0.4 is 5.32 Å². The smallest absolute Gasteiger partial charge is 0.243 e. The molecule has 1 N–H and O–H groups in total. The first-order chi connectivity index (χ1) is 10.2. The first kappa shape index (κ1) is 15.4. The summed E-state index contributed by atoms with van der Waals surface area (Å²) in [4.78, 5) is 19.9. The minimum absolute atomic E-state index is 0.0135. The maximum atomic E-state index is 11.7. The van der Waals surface area contributed by atoms with Gasteiger partial charge in [-0.05, 0) is 25.0 Å². The third-order valence-electron chi connectivity index (χ3n) is 3.50. The van der Waals surface area contributed by atoms with Crippen LogP contribution in [0, 0.1) is 0 Å². The van der Waals surface area contributed by atoms with Crippen LogP contribution in [-0.4, -0.2) is 61.9 Å². The summed E-state index contributed by atoms with van der Waals surface area (Å²) < 4.78 is 5.32. The number of hydrogen-bond donors (Lipinski definition) is 1. The third kappa shape index (κ3) is 4.81. The van der Waals surface area contributed by atoms with Crippen LogP contribution in [-0.2, 0) is 11.2 Å². The summed E-state index contributed by atoms with van der Waals surface area (Å²) in [6, 6.07) is 3.85. The molecule has 0 bridgehead atoms. The zero-order chi connectivity index (χ0) is 15.1. The lowest BCUT2D eigenvalue weighted by molar-refractivity contribution is -0.127. The van der Waals surface area contributed by atoms with E-state index in [1.165, 1.54) is 12.8 Å². The van der Waals surface area contributed by atoms with E-state index in [9.17, 15) is 4.79 Å². The Bertz CT molecular complexity index is 462. The largest absolute Gasteiger partial charge is 0.469 e. The van der Waals surface area contributed by atoms with Gasteiger partial charge in [0.05, 0.1) is 6.26 Å². The Morgan fingerprint density at radius 3 is 2.81 bits per heavy atom. The van der Waals surface area contributed by atoms with E-state index in [2.05, 4.69) is 15.2 Å². The number of rotatable bonds is 5. The minimum Gasteiger partial charge on any atom is -0.469 e. The number of carbonyl (C=O) groups excluding carboxylic acids is 1. The van der Waals surface area contributed by atoms with Gasteiger partial charge in [0.1, 0.15) is 12.3 Å². The molecule has 0 radical (unpaired) electrons. The van der Waals surface area contributed by atoms with E-state index in [4.69, 9.17) is 4.42 Å². The molecule has 0 atom stereocenters. The average molecular weight is 292 g/mol. The number of aliphatic imine (C=N–C) groups is 1. The minimum atomic E-state index is 0.0135. The molecule has 21 heavy (non-hydrogen) atoms.